The Morgan fingerprint density at radius 1 is 1.10 bits per heavy atom. The van der Waals surface area contributed by atoms with E-state index in [4.69, 9.17) is 4.98 Å². The summed E-state index contributed by atoms with van der Waals surface area (Å²) < 4.78 is 26.1. The van der Waals surface area contributed by atoms with E-state index in [0.29, 0.717) is 44.9 Å². The highest BCUT2D eigenvalue weighted by molar-refractivity contribution is 7.88. The summed E-state index contributed by atoms with van der Waals surface area (Å²) in [6.07, 6.45) is 2.46. The number of sulfonamides is 1. The lowest BCUT2D eigenvalue weighted by atomic mass is 9.96. The first-order valence-corrected chi connectivity index (χ1v) is 13.3. The molecule has 7 nitrogen and oxygen atoms in total. The van der Waals surface area contributed by atoms with Gasteiger partial charge >= 0.3 is 0 Å². The van der Waals surface area contributed by atoms with Crippen molar-refractivity contribution < 1.29 is 13.2 Å². The first kappa shape index (κ1) is 21.5. The first-order valence-electron chi connectivity index (χ1n) is 10.6. The van der Waals surface area contributed by atoms with E-state index in [1.165, 1.54) is 20.8 Å². The Balaban J connectivity index is 1.37. The van der Waals surface area contributed by atoms with Crippen LogP contribution in [0.4, 0.5) is 5.13 Å². The molecule has 0 unspecified atom stereocenters. The number of piperidine rings is 1. The van der Waals surface area contributed by atoms with Crippen molar-refractivity contribution in [3.8, 4) is 0 Å². The molecule has 0 saturated carbocycles. The molecule has 0 bridgehead atoms. The summed E-state index contributed by atoms with van der Waals surface area (Å²) >= 11 is 1.72. The van der Waals surface area contributed by atoms with Crippen LogP contribution >= 0.6 is 11.3 Å². The van der Waals surface area contributed by atoms with Crippen LogP contribution in [-0.2, 0) is 14.8 Å². The number of nitrogens with zero attached hydrogens (tertiary/aromatic N) is 4. The molecular formula is C21H30N4O3S2. The van der Waals surface area contributed by atoms with Crippen molar-refractivity contribution in [2.24, 2.45) is 5.92 Å². The van der Waals surface area contributed by atoms with Crippen LogP contribution in [0, 0.1) is 5.92 Å². The fraction of sp³-hybridized carbons (Fsp3) is 0.619. The molecule has 2 aliphatic rings. The summed E-state index contributed by atoms with van der Waals surface area (Å²) in [7, 11) is -3.16. The normalized spacial score (nSPS) is 19.7. The summed E-state index contributed by atoms with van der Waals surface area (Å²) in [5.74, 6) is 0.548. The van der Waals surface area contributed by atoms with Crippen LogP contribution in [-0.4, -0.2) is 74.0 Å². The van der Waals surface area contributed by atoms with E-state index >= 15 is 0 Å². The number of fused-ring (bicyclic) bond motifs is 1. The molecule has 9 heteroatoms. The minimum absolute atomic E-state index is 0.0643. The second-order valence-electron chi connectivity index (χ2n) is 8.59. The topological polar surface area (TPSA) is 73.8 Å². The minimum atomic E-state index is -3.16. The number of para-hydroxylation sites is 1. The van der Waals surface area contributed by atoms with Gasteiger partial charge in [-0.25, -0.2) is 17.7 Å². The van der Waals surface area contributed by atoms with Crippen LogP contribution in [0.2, 0.25) is 0 Å². The van der Waals surface area contributed by atoms with E-state index in [1.807, 2.05) is 4.90 Å². The van der Waals surface area contributed by atoms with Gasteiger partial charge in [0.2, 0.25) is 15.9 Å². The molecule has 1 amide bonds. The molecule has 0 atom stereocenters. The predicted molar refractivity (Wildman–Crippen MR) is 122 cm³/mol. The standard InChI is InChI=1S/C21H30N4O3S2/c1-15(2)17-5-4-6-18-19(17)22-21(29-18)24-13-11-23(12-14-24)20(26)16-7-9-25(10-8-16)30(3,27)28/h4-6,15-16H,7-14H2,1-3H3. The Labute approximate surface area is 182 Å². The molecule has 0 N–H and O–H groups in total. The number of hydrogen-bond donors (Lipinski definition) is 0. The zero-order valence-corrected chi connectivity index (χ0v) is 19.5. The Morgan fingerprint density at radius 3 is 2.37 bits per heavy atom. The van der Waals surface area contributed by atoms with Crippen LogP contribution in [0.5, 0.6) is 0 Å². The van der Waals surface area contributed by atoms with Gasteiger partial charge in [-0.2, -0.15) is 0 Å². The Bertz CT molecular complexity index is 1020. The van der Waals surface area contributed by atoms with Gasteiger partial charge in [0.15, 0.2) is 5.13 Å². The molecule has 2 saturated heterocycles. The van der Waals surface area contributed by atoms with E-state index < -0.39 is 10.0 Å². The van der Waals surface area contributed by atoms with Crippen molar-refractivity contribution >= 4 is 42.6 Å². The Kier molecular flexibility index (Phi) is 6.05. The molecule has 3 heterocycles. The lowest BCUT2D eigenvalue weighted by molar-refractivity contribution is -0.137. The van der Waals surface area contributed by atoms with Gasteiger partial charge in [0.05, 0.1) is 16.5 Å². The lowest BCUT2D eigenvalue weighted by Gasteiger charge is -2.38. The van der Waals surface area contributed by atoms with E-state index in [0.717, 1.165) is 23.7 Å². The largest absolute Gasteiger partial charge is 0.345 e. The van der Waals surface area contributed by atoms with Crippen LogP contribution in [0.25, 0.3) is 10.2 Å². The monoisotopic (exact) mass is 450 g/mol. The van der Waals surface area contributed by atoms with E-state index in [9.17, 15) is 13.2 Å². The first-order chi connectivity index (χ1) is 14.2. The average molecular weight is 451 g/mol. The second-order valence-corrected chi connectivity index (χ2v) is 11.6. The zero-order chi connectivity index (χ0) is 21.5. The van der Waals surface area contributed by atoms with E-state index in [1.54, 1.807) is 11.3 Å². The molecule has 0 radical (unpaired) electrons. The van der Waals surface area contributed by atoms with Gasteiger partial charge in [-0.1, -0.05) is 37.3 Å². The molecule has 1 aromatic carbocycles. The van der Waals surface area contributed by atoms with E-state index in [-0.39, 0.29) is 11.8 Å². The molecule has 2 aliphatic heterocycles. The number of hydrogen-bond acceptors (Lipinski definition) is 6. The quantitative estimate of drug-likeness (QED) is 0.716. The Morgan fingerprint density at radius 2 is 1.77 bits per heavy atom. The average Bonchev–Trinajstić information content (AvgIpc) is 3.17. The van der Waals surface area contributed by atoms with Gasteiger partial charge in [0.25, 0.3) is 0 Å². The molecular weight excluding hydrogens is 420 g/mol. The van der Waals surface area contributed by atoms with Crippen molar-refractivity contribution in [2.75, 3.05) is 50.4 Å². The van der Waals surface area contributed by atoms with Crippen LogP contribution in [0.1, 0.15) is 38.2 Å². The highest BCUT2D eigenvalue weighted by Crippen LogP contribution is 2.34. The number of carbonyl (C=O) groups excluding carboxylic acids is 1. The molecule has 0 aliphatic carbocycles. The SMILES string of the molecule is CC(C)c1cccc2sc(N3CCN(C(=O)C4CCN(S(C)(=O)=O)CC4)CC3)nc12. The number of benzene rings is 1. The summed E-state index contributed by atoms with van der Waals surface area (Å²) in [4.78, 5) is 22.1. The maximum absolute atomic E-state index is 12.9. The zero-order valence-electron chi connectivity index (χ0n) is 17.9. The van der Waals surface area contributed by atoms with Gasteiger partial charge in [0.1, 0.15) is 0 Å². The summed E-state index contributed by atoms with van der Waals surface area (Å²) in [6, 6.07) is 6.39. The minimum Gasteiger partial charge on any atom is -0.345 e. The third kappa shape index (κ3) is 4.33. The highest BCUT2D eigenvalue weighted by Gasteiger charge is 2.33. The van der Waals surface area contributed by atoms with Crippen molar-refractivity contribution in [3.05, 3.63) is 23.8 Å². The molecule has 4 rings (SSSR count). The van der Waals surface area contributed by atoms with Gasteiger partial charge < -0.3 is 9.80 Å². The third-order valence-corrected chi connectivity index (χ3v) is 8.58. The number of amides is 1. The number of thiazole rings is 1. The van der Waals surface area contributed by atoms with Crippen LogP contribution in [0.15, 0.2) is 18.2 Å². The van der Waals surface area contributed by atoms with Gasteiger partial charge in [-0.15, -0.1) is 0 Å². The number of rotatable bonds is 4. The smallest absolute Gasteiger partial charge is 0.225 e. The highest BCUT2D eigenvalue weighted by atomic mass is 32.2. The molecule has 1 aromatic heterocycles. The van der Waals surface area contributed by atoms with Crippen molar-refractivity contribution in [1.29, 1.82) is 0 Å². The molecule has 2 fully saturated rings. The maximum Gasteiger partial charge on any atom is 0.225 e. The molecule has 164 valence electrons. The van der Waals surface area contributed by atoms with Gasteiger partial charge in [0, 0.05) is 45.2 Å². The van der Waals surface area contributed by atoms with Crippen molar-refractivity contribution in [1.82, 2.24) is 14.2 Å². The van der Waals surface area contributed by atoms with Crippen LogP contribution < -0.4 is 4.90 Å². The molecule has 2 aromatic rings. The predicted octanol–water partition coefficient (Wildman–Crippen LogP) is 2.74. The van der Waals surface area contributed by atoms with Crippen molar-refractivity contribution in [3.63, 3.8) is 0 Å². The molecule has 30 heavy (non-hydrogen) atoms. The fourth-order valence-electron chi connectivity index (χ4n) is 4.37. The summed E-state index contributed by atoms with van der Waals surface area (Å²) in [6.45, 7) is 8.22. The lowest BCUT2D eigenvalue weighted by Crippen LogP contribution is -2.52. The summed E-state index contributed by atoms with van der Waals surface area (Å²) in [5.41, 5.74) is 2.38. The van der Waals surface area contributed by atoms with Crippen LogP contribution in [0.3, 0.4) is 0 Å². The van der Waals surface area contributed by atoms with Crippen molar-refractivity contribution in [2.45, 2.75) is 32.6 Å². The number of aromatic nitrogens is 1. The number of anilines is 1. The van der Waals surface area contributed by atoms with E-state index in [2.05, 4.69) is 36.9 Å². The van der Waals surface area contributed by atoms with Gasteiger partial charge in [-0.05, 0) is 30.4 Å². The third-order valence-electron chi connectivity index (χ3n) is 6.19. The second kappa shape index (κ2) is 8.43. The number of carbonyl (C=O) groups is 1. The summed E-state index contributed by atoms with van der Waals surface area (Å²) in [5, 5.41) is 1.03. The Hall–Kier alpha value is -1.71. The fourth-order valence-corrected chi connectivity index (χ4v) is 6.30. The maximum atomic E-state index is 12.9. The van der Waals surface area contributed by atoms with Gasteiger partial charge in [-0.3, -0.25) is 4.79 Å². The number of piperazine rings is 1. The molecule has 0 spiro atoms.